The van der Waals surface area contributed by atoms with Crippen molar-refractivity contribution in [2.75, 3.05) is 17.2 Å². The van der Waals surface area contributed by atoms with E-state index in [1.165, 1.54) is 6.07 Å². The maximum Gasteiger partial charge on any atom is 0.412 e. The van der Waals surface area contributed by atoms with Gasteiger partial charge in [0.2, 0.25) is 0 Å². The van der Waals surface area contributed by atoms with Crippen LogP contribution < -0.4 is 10.6 Å². The molecule has 1 aromatic heterocycles. The predicted octanol–water partition coefficient (Wildman–Crippen LogP) is 4.55. The standard InChI is InChI=1S/C21H26FN3O5/c1-7-29-19(27)16-11(2)17(23-12(16)3)18(26)24-15-10-13(22)8-9-14(15)25-20(28)30-21(4,5)6/h8-10,23H,7H2,1-6H3,(H,24,26)(H,25,28). The summed E-state index contributed by atoms with van der Waals surface area (Å²) in [6.07, 6.45) is -0.749. The van der Waals surface area contributed by atoms with Crippen molar-refractivity contribution in [1.29, 1.82) is 0 Å². The Hall–Kier alpha value is -3.36. The van der Waals surface area contributed by atoms with E-state index in [0.29, 0.717) is 11.3 Å². The summed E-state index contributed by atoms with van der Waals surface area (Å²) in [7, 11) is 0. The summed E-state index contributed by atoms with van der Waals surface area (Å²) < 4.78 is 24.0. The first-order valence-electron chi connectivity index (χ1n) is 9.40. The Bertz CT molecular complexity index is 976. The van der Waals surface area contributed by atoms with Crippen molar-refractivity contribution in [3.05, 3.63) is 46.5 Å². The van der Waals surface area contributed by atoms with Crippen LogP contribution in [0.2, 0.25) is 0 Å². The Morgan fingerprint density at radius 2 is 1.77 bits per heavy atom. The molecule has 1 heterocycles. The lowest BCUT2D eigenvalue weighted by Crippen LogP contribution is -2.27. The Morgan fingerprint density at radius 1 is 1.10 bits per heavy atom. The fraction of sp³-hybridized carbons (Fsp3) is 0.381. The zero-order chi connectivity index (χ0) is 22.6. The Kier molecular flexibility index (Phi) is 6.86. The van der Waals surface area contributed by atoms with Gasteiger partial charge in [-0.15, -0.1) is 0 Å². The van der Waals surface area contributed by atoms with Crippen LogP contribution in [0.15, 0.2) is 18.2 Å². The molecule has 162 valence electrons. The summed E-state index contributed by atoms with van der Waals surface area (Å²) in [4.78, 5) is 39.8. The second-order valence-corrected chi connectivity index (χ2v) is 7.62. The number of aromatic amines is 1. The monoisotopic (exact) mass is 419 g/mol. The highest BCUT2D eigenvalue weighted by atomic mass is 19.1. The average molecular weight is 419 g/mol. The number of anilines is 2. The molecule has 0 bridgehead atoms. The number of hydrogen-bond acceptors (Lipinski definition) is 5. The normalized spacial score (nSPS) is 11.0. The molecule has 0 spiro atoms. The van der Waals surface area contributed by atoms with Crippen molar-refractivity contribution in [2.24, 2.45) is 0 Å². The molecular formula is C21H26FN3O5. The minimum Gasteiger partial charge on any atom is -0.462 e. The minimum atomic E-state index is -0.749. The summed E-state index contributed by atoms with van der Waals surface area (Å²) >= 11 is 0. The molecule has 0 atom stereocenters. The molecular weight excluding hydrogens is 393 g/mol. The number of aryl methyl sites for hydroxylation is 1. The fourth-order valence-corrected chi connectivity index (χ4v) is 2.81. The first-order chi connectivity index (χ1) is 13.9. The summed E-state index contributed by atoms with van der Waals surface area (Å²) in [6, 6.07) is 3.53. The topological polar surface area (TPSA) is 110 Å². The van der Waals surface area contributed by atoms with Gasteiger partial charge in [0.1, 0.15) is 17.1 Å². The third-order valence-electron chi connectivity index (χ3n) is 4.01. The van der Waals surface area contributed by atoms with Crippen LogP contribution in [0.5, 0.6) is 0 Å². The number of rotatable bonds is 5. The van der Waals surface area contributed by atoms with Gasteiger partial charge in [0.05, 0.1) is 23.5 Å². The molecule has 30 heavy (non-hydrogen) atoms. The fourth-order valence-electron chi connectivity index (χ4n) is 2.81. The SMILES string of the molecule is CCOC(=O)c1c(C)[nH]c(C(=O)Nc2cc(F)ccc2NC(=O)OC(C)(C)C)c1C. The van der Waals surface area contributed by atoms with Crippen LogP contribution in [-0.4, -0.2) is 35.2 Å². The van der Waals surface area contributed by atoms with E-state index in [-0.39, 0.29) is 29.2 Å². The number of halogens is 1. The molecule has 3 N–H and O–H groups in total. The van der Waals surface area contributed by atoms with E-state index in [1.54, 1.807) is 41.5 Å². The molecule has 0 saturated carbocycles. The largest absolute Gasteiger partial charge is 0.462 e. The van der Waals surface area contributed by atoms with Crippen LogP contribution in [0, 0.1) is 19.7 Å². The predicted molar refractivity (Wildman–Crippen MR) is 110 cm³/mol. The Labute approximate surface area is 174 Å². The van der Waals surface area contributed by atoms with E-state index in [0.717, 1.165) is 12.1 Å². The number of carbonyl (C=O) groups is 3. The molecule has 0 aliphatic rings. The van der Waals surface area contributed by atoms with E-state index in [2.05, 4.69) is 15.6 Å². The van der Waals surface area contributed by atoms with Crippen LogP contribution in [0.1, 0.15) is 59.8 Å². The summed E-state index contributed by atoms with van der Waals surface area (Å²) in [5.74, 6) is -1.75. The molecule has 2 amide bonds. The lowest BCUT2D eigenvalue weighted by molar-refractivity contribution is 0.0524. The highest BCUT2D eigenvalue weighted by Gasteiger charge is 2.24. The Balaban J connectivity index is 2.29. The van der Waals surface area contributed by atoms with Crippen LogP contribution in [0.25, 0.3) is 0 Å². The van der Waals surface area contributed by atoms with Gasteiger partial charge in [-0.2, -0.15) is 0 Å². The van der Waals surface area contributed by atoms with Gasteiger partial charge in [0, 0.05) is 5.69 Å². The zero-order valence-corrected chi connectivity index (χ0v) is 17.9. The van der Waals surface area contributed by atoms with Crippen LogP contribution >= 0.6 is 0 Å². The summed E-state index contributed by atoms with van der Waals surface area (Å²) in [5, 5.41) is 5.05. The van der Waals surface area contributed by atoms with E-state index >= 15 is 0 Å². The van der Waals surface area contributed by atoms with Crippen LogP contribution in [0.3, 0.4) is 0 Å². The quantitative estimate of drug-likeness (QED) is 0.616. The molecule has 0 fully saturated rings. The van der Waals surface area contributed by atoms with E-state index < -0.39 is 29.4 Å². The van der Waals surface area contributed by atoms with Gasteiger partial charge in [-0.1, -0.05) is 0 Å². The first-order valence-corrected chi connectivity index (χ1v) is 9.40. The molecule has 0 radical (unpaired) electrons. The molecule has 2 rings (SSSR count). The van der Waals surface area contributed by atoms with Crippen molar-refractivity contribution in [2.45, 2.75) is 47.1 Å². The van der Waals surface area contributed by atoms with Crippen LogP contribution in [0.4, 0.5) is 20.6 Å². The van der Waals surface area contributed by atoms with Gasteiger partial charge in [-0.05, 0) is 65.3 Å². The maximum atomic E-state index is 13.8. The Morgan fingerprint density at radius 3 is 2.37 bits per heavy atom. The third kappa shape index (κ3) is 5.59. The van der Waals surface area contributed by atoms with E-state index in [1.807, 2.05) is 0 Å². The highest BCUT2D eigenvalue weighted by molar-refractivity contribution is 6.08. The van der Waals surface area contributed by atoms with Crippen LogP contribution in [-0.2, 0) is 9.47 Å². The molecule has 1 aromatic carbocycles. The van der Waals surface area contributed by atoms with Gasteiger partial charge in [-0.25, -0.2) is 14.0 Å². The smallest absolute Gasteiger partial charge is 0.412 e. The van der Waals surface area contributed by atoms with E-state index in [4.69, 9.17) is 9.47 Å². The number of hydrogen-bond donors (Lipinski definition) is 3. The third-order valence-corrected chi connectivity index (χ3v) is 4.01. The molecule has 9 heteroatoms. The molecule has 0 aliphatic heterocycles. The number of amides is 2. The maximum absolute atomic E-state index is 13.8. The summed E-state index contributed by atoms with van der Waals surface area (Å²) in [5.41, 5.74) is 0.747. The molecule has 0 aliphatic carbocycles. The first kappa shape index (κ1) is 22.9. The van der Waals surface area contributed by atoms with Crippen molar-refractivity contribution in [1.82, 2.24) is 4.98 Å². The number of aromatic nitrogens is 1. The van der Waals surface area contributed by atoms with Gasteiger partial charge in [0.25, 0.3) is 5.91 Å². The number of ether oxygens (including phenoxy) is 2. The van der Waals surface area contributed by atoms with Crippen molar-refractivity contribution < 1.29 is 28.2 Å². The molecule has 0 saturated heterocycles. The van der Waals surface area contributed by atoms with Gasteiger partial charge >= 0.3 is 12.1 Å². The highest BCUT2D eigenvalue weighted by Crippen LogP contribution is 2.26. The van der Waals surface area contributed by atoms with Gasteiger partial charge < -0.3 is 19.8 Å². The zero-order valence-electron chi connectivity index (χ0n) is 17.9. The molecule has 2 aromatic rings. The lowest BCUT2D eigenvalue weighted by Gasteiger charge is -2.20. The van der Waals surface area contributed by atoms with Crippen molar-refractivity contribution in [3.8, 4) is 0 Å². The second-order valence-electron chi connectivity index (χ2n) is 7.62. The van der Waals surface area contributed by atoms with Crippen molar-refractivity contribution >= 4 is 29.3 Å². The number of carbonyl (C=O) groups excluding carboxylic acids is 3. The molecule has 8 nitrogen and oxygen atoms in total. The van der Waals surface area contributed by atoms with E-state index in [9.17, 15) is 18.8 Å². The van der Waals surface area contributed by atoms with Gasteiger partial charge in [0.15, 0.2) is 0 Å². The number of nitrogens with one attached hydrogen (secondary N) is 3. The number of benzene rings is 1. The van der Waals surface area contributed by atoms with Gasteiger partial charge in [-0.3, -0.25) is 10.1 Å². The minimum absolute atomic E-state index is 0.0372. The average Bonchev–Trinajstić information content (AvgIpc) is 2.90. The van der Waals surface area contributed by atoms with Crippen molar-refractivity contribution in [3.63, 3.8) is 0 Å². The second kappa shape index (κ2) is 8.98. The molecule has 0 unspecified atom stereocenters. The number of H-pyrrole nitrogens is 1. The number of esters is 1. The lowest BCUT2D eigenvalue weighted by atomic mass is 10.1. The summed E-state index contributed by atoms with van der Waals surface area (Å²) in [6.45, 7) is 10.3.